The molecule has 0 bridgehead atoms. The molecule has 1 aliphatic carbocycles. The zero-order valence-corrected chi connectivity index (χ0v) is 37.7. The fourth-order valence-electron chi connectivity index (χ4n) is 8.16. The molecule has 13 heteroatoms. The van der Waals surface area contributed by atoms with Crippen LogP contribution in [0, 0.1) is 6.92 Å². The molecule has 0 fully saturated rings. The molecule has 0 atom stereocenters. The van der Waals surface area contributed by atoms with Gasteiger partial charge in [-0.1, -0.05) is 152 Å². The minimum absolute atomic E-state index is 0.239. The van der Waals surface area contributed by atoms with Crippen LogP contribution in [0.3, 0.4) is 0 Å². The first kappa shape index (κ1) is 45.9. The molecule has 0 spiro atoms. The van der Waals surface area contributed by atoms with E-state index in [-0.39, 0.29) is 11.6 Å². The Morgan fingerprint density at radius 2 is 0.930 bits per heavy atom. The van der Waals surface area contributed by atoms with E-state index in [0.717, 1.165) is 74.4 Å². The summed E-state index contributed by atoms with van der Waals surface area (Å²) in [5, 5.41) is 0.894. The summed E-state index contributed by atoms with van der Waals surface area (Å²) in [6, 6.07) is 41.9. The van der Waals surface area contributed by atoms with Crippen molar-refractivity contribution >= 4 is 22.6 Å². The Bertz CT molecular complexity index is 3580. The molecule has 7 nitrogen and oxygen atoms in total. The molecular formula is C58H38F6N6O. The molecule has 348 valence electrons. The number of allylic oxidation sites excluding steroid dienone is 8. The van der Waals surface area contributed by atoms with E-state index in [2.05, 4.69) is 28.7 Å². The second-order valence-corrected chi connectivity index (χ2v) is 16.6. The van der Waals surface area contributed by atoms with E-state index in [1.807, 2.05) is 128 Å². The monoisotopic (exact) mass is 948 g/mol. The highest BCUT2D eigenvalue weighted by Crippen LogP contribution is 2.37. The summed E-state index contributed by atoms with van der Waals surface area (Å²) in [6.07, 6.45) is 3.26. The lowest BCUT2D eigenvalue weighted by Gasteiger charge is -2.10. The quantitative estimate of drug-likeness (QED) is 0.0996. The van der Waals surface area contributed by atoms with Crippen molar-refractivity contribution in [1.29, 1.82) is 0 Å². The number of halogens is 6. The van der Waals surface area contributed by atoms with E-state index in [0.29, 0.717) is 57.6 Å². The van der Waals surface area contributed by atoms with Crippen LogP contribution in [0.15, 0.2) is 204 Å². The number of aromatic nitrogens is 6. The maximum absolute atomic E-state index is 13.4. The van der Waals surface area contributed by atoms with Gasteiger partial charge in [-0.25, -0.2) is 29.9 Å². The highest BCUT2D eigenvalue weighted by molar-refractivity contribution is 5.93. The van der Waals surface area contributed by atoms with Gasteiger partial charge in [-0.15, -0.1) is 0 Å². The van der Waals surface area contributed by atoms with Crippen LogP contribution in [0.2, 0.25) is 0 Å². The van der Waals surface area contributed by atoms with Crippen LogP contribution in [0.1, 0.15) is 34.7 Å². The van der Waals surface area contributed by atoms with Crippen LogP contribution in [0.5, 0.6) is 0 Å². The largest absolute Gasteiger partial charge is 0.461 e. The number of fused-ring (bicyclic) bond motifs is 1. The van der Waals surface area contributed by atoms with Crippen LogP contribution in [0.25, 0.3) is 90.7 Å². The lowest BCUT2D eigenvalue weighted by atomic mass is 9.97. The molecule has 0 radical (unpaired) electrons. The zero-order valence-electron chi connectivity index (χ0n) is 37.7. The van der Waals surface area contributed by atoms with Gasteiger partial charge in [0.15, 0.2) is 34.9 Å². The molecule has 0 aliphatic heterocycles. The maximum Gasteiger partial charge on any atom is 0.416 e. The minimum atomic E-state index is -4.48. The molecule has 0 saturated heterocycles. The fraction of sp³-hybridized carbons (Fsp3) is 0.0690. The average molecular weight is 949 g/mol. The van der Waals surface area contributed by atoms with E-state index >= 15 is 0 Å². The number of hydrogen-bond donors (Lipinski definition) is 0. The third-order valence-electron chi connectivity index (χ3n) is 11.9. The third kappa shape index (κ3) is 9.88. The van der Waals surface area contributed by atoms with Crippen molar-refractivity contribution < 1.29 is 30.8 Å². The highest BCUT2D eigenvalue weighted by atomic mass is 19.4. The minimum Gasteiger partial charge on any atom is -0.461 e. The number of aryl methyl sites for hydroxylation is 1. The number of benzene rings is 6. The first-order valence-corrected chi connectivity index (χ1v) is 22.3. The Kier molecular flexibility index (Phi) is 12.2. The predicted octanol–water partition coefficient (Wildman–Crippen LogP) is 15.7. The standard InChI is InChI=1S/C58H38F6N6O/c1-3-36(37-15-10-16-41(20-17-37)53-65-51(39-11-6-4-7-12-39)67-55(69-53)43-23-28-46(29-24-43)57(59,60)61)33-48-35(2)71-50-32-27-45(34-49(48)50)38-18-21-42(22-19-38)54-66-52(40-13-8-5-9-14-40)68-56(70-54)44-25-30-47(31-26-44)58(62,63)64/h3-14,16-34H,1,15H2,2H3/b36-33+. The van der Waals surface area contributed by atoms with Crippen molar-refractivity contribution in [1.82, 2.24) is 29.9 Å². The second-order valence-electron chi connectivity index (χ2n) is 16.6. The van der Waals surface area contributed by atoms with Crippen molar-refractivity contribution in [3.8, 4) is 68.1 Å². The average Bonchev–Trinajstić information content (AvgIpc) is 3.51. The van der Waals surface area contributed by atoms with Crippen LogP contribution in [-0.2, 0) is 12.4 Å². The second kappa shape index (κ2) is 18.9. The zero-order chi connectivity index (χ0) is 49.3. The number of nitrogens with zero attached hydrogens (tertiary/aromatic N) is 6. The fourth-order valence-corrected chi connectivity index (χ4v) is 8.16. The van der Waals surface area contributed by atoms with Gasteiger partial charge in [0.05, 0.1) is 11.1 Å². The van der Waals surface area contributed by atoms with Gasteiger partial charge < -0.3 is 4.42 Å². The molecule has 0 N–H and O–H groups in total. The van der Waals surface area contributed by atoms with Crippen molar-refractivity contribution in [3.63, 3.8) is 0 Å². The summed E-state index contributed by atoms with van der Waals surface area (Å²) in [7, 11) is 0. The summed E-state index contributed by atoms with van der Waals surface area (Å²) >= 11 is 0. The Hall–Kier alpha value is -8.84. The van der Waals surface area contributed by atoms with Crippen LogP contribution in [-0.4, -0.2) is 29.9 Å². The molecule has 3 heterocycles. The van der Waals surface area contributed by atoms with Gasteiger partial charge in [-0.2, -0.15) is 26.3 Å². The smallest absolute Gasteiger partial charge is 0.416 e. The lowest BCUT2D eigenvalue weighted by Crippen LogP contribution is -2.05. The van der Waals surface area contributed by atoms with Gasteiger partial charge >= 0.3 is 12.4 Å². The molecule has 3 aromatic heterocycles. The molecule has 10 rings (SSSR count). The van der Waals surface area contributed by atoms with Gasteiger partial charge in [0, 0.05) is 44.3 Å². The number of furan rings is 1. The lowest BCUT2D eigenvalue weighted by molar-refractivity contribution is -0.138. The maximum atomic E-state index is 13.4. The number of rotatable bonds is 10. The summed E-state index contributed by atoms with van der Waals surface area (Å²) in [5.74, 6) is 2.69. The summed E-state index contributed by atoms with van der Waals surface area (Å²) in [4.78, 5) is 28.3. The van der Waals surface area contributed by atoms with E-state index < -0.39 is 23.5 Å². The van der Waals surface area contributed by atoms with Gasteiger partial charge in [-0.05, 0) is 78.1 Å². The molecular weight excluding hydrogens is 911 g/mol. The molecule has 6 aromatic carbocycles. The first-order valence-electron chi connectivity index (χ1n) is 22.3. The Labute approximate surface area is 403 Å². The van der Waals surface area contributed by atoms with E-state index in [4.69, 9.17) is 24.4 Å². The van der Waals surface area contributed by atoms with Gasteiger partial charge in [0.1, 0.15) is 11.3 Å². The van der Waals surface area contributed by atoms with Gasteiger partial charge in [0.2, 0.25) is 0 Å². The normalized spacial score (nSPS) is 13.2. The summed E-state index contributed by atoms with van der Waals surface area (Å²) in [5.41, 5.74) is 7.40. The molecule has 0 saturated carbocycles. The van der Waals surface area contributed by atoms with Crippen molar-refractivity contribution in [2.45, 2.75) is 25.7 Å². The van der Waals surface area contributed by atoms with E-state index in [9.17, 15) is 26.3 Å². The van der Waals surface area contributed by atoms with E-state index in [1.54, 1.807) is 6.08 Å². The number of alkyl halides is 6. The topological polar surface area (TPSA) is 90.5 Å². The molecule has 1 aliphatic rings. The highest BCUT2D eigenvalue weighted by Gasteiger charge is 2.31. The molecule has 71 heavy (non-hydrogen) atoms. The summed E-state index contributed by atoms with van der Waals surface area (Å²) in [6.45, 7) is 6.07. The van der Waals surface area contributed by atoms with Gasteiger partial charge in [-0.3, -0.25) is 0 Å². The summed E-state index contributed by atoms with van der Waals surface area (Å²) < 4.78 is 86.7. The molecule has 9 aromatic rings. The predicted molar refractivity (Wildman–Crippen MR) is 265 cm³/mol. The SMILES string of the molecule is C=C/C(=C\c1c(C)oc2ccc(-c3ccc(-c4nc(-c5ccccc5)nc(-c5ccc(C(F)(F)F)cc5)n4)cc3)cc12)C1=CC=C(c2nc(-c3ccccc3)nc(-c3ccc(C(F)(F)F)cc3)n2)C=CC1. The van der Waals surface area contributed by atoms with Crippen LogP contribution in [0.4, 0.5) is 26.3 Å². The van der Waals surface area contributed by atoms with Gasteiger partial charge in [0.25, 0.3) is 0 Å². The Morgan fingerprint density at radius 1 is 0.507 bits per heavy atom. The molecule has 0 amide bonds. The Morgan fingerprint density at radius 3 is 1.39 bits per heavy atom. The van der Waals surface area contributed by atoms with Crippen molar-refractivity contribution in [2.75, 3.05) is 0 Å². The third-order valence-corrected chi connectivity index (χ3v) is 11.9. The van der Waals surface area contributed by atoms with Crippen molar-refractivity contribution in [3.05, 3.63) is 228 Å². The Balaban J connectivity index is 0.955. The number of hydrogen-bond acceptors (Lipinski definition) is 7. The van der Waals surface area contributed by atoms with Crippen LogP contribution < -0.4 is 0 Å². The molecule has 0 unspecified atom stereocenters. The van der Waals surface area contributed by atoms with Crippen LogP contribution >= 0.6 is 0 Å². The van der Waals surface area contributed by atoms with E-state index in [1.165, 1.54) is 24.3 Å². The first-order chi connectivity index (χ1) is 34.3. The van der Waals surface area contributed by atoms with Crippen molar-refractivity contribution in [2.24, 2.45) is 0 Å².